The van der Waals surface area contributed by atoms with Crippen LogP contribution in [0.25, 0.3) is 16.5 Å². The number of hydrogen-bond acceptors (Lipinski definition) is 7. The maximum Gasteiger partial charge on any atom is 0.257 e. The van der Waals surface area contributed by atoms with Crippen molar-refractivity contribution >= 4 is 28.6 Å². The number of thiophene rings is 1. The standard InChI is InChI=1S/C19H18N6OS2/c1-12-9-21-19(23-17(12)15-5-4-7-27-15)25-13(2)14(10-22-25)18(26)24(3)11-16-20-6-8-28-16/h4-10H,11H2,1-3H3. The summed E-state index contributed by atoms with van der Waals surface area (Å²) in [6.45, 7) is 4.30. The average molecular weight is 411 g/mol. The molecule has 0 aliphatic heterocycles. The molecule has 4 rings (SSSR count). The van der Waals surface area contributed by atoms with Gasteiger partial charge in [0.1, 0.15) is 5.01 Å². The van der Waals surface area contributed by atoms with Gasteiger partial charge in [-0.05, 0) is 30.9 Å². The van der Waals surface area contributed by atoms with Crippen molar-refractivity contribution < 1.29 is 4.79 Å². The Morgan fingerprint density at radius 1 is 1.18 bits per heavy atom. The highest BCUT2D eigenvalue weighted by molar-refractivity contribution is 7.13. The smallest absolute Gasteiger partial charge is 0.257 e. The number of hydrogen-bond donors (Lipinski definition) is 0. The number of aromatic nitrogens is 5. The van der Waals surface area contributed by atoms with Crippen molar-refractivity contribution in [2.45, 2.75) is 20.4 Å². The Balaban J connectivity index is 1.63. The first kappa shape index (κ1) is 18.5. The monoisotopic (exact) mass is 410 g/mol. The van der Waals surface area contributed by atoms with E-state index in [0.717, 1.165) is 21.1 Å². The fourth-order valence-electron chi connectivity index (χ4n) is 2.83. The first-order valence-corrected chi connectivity index (χ1v) is 10.4. The Kier molecular flexibility index (Phi) is 5.01. The minimum atomic E-state index is -0.107. The van der Waals surface area contributed by atoms with Gasteiger partial charge in [0.2, 0.25) is 0 Å². The lowest BCUT2D eigenvalue weighted by Crippen LogP contribution is -2.26. The summed E-state index contributed by atoms with van der Waals surface area (Å²) in [4.78, 5) is 28.9. The molecule has 9 heteroatoms. The highest BCUT2D eigenvalue weighted by atomic mass is 32.1. The van der Waals surface area contributed by atoms with Gasteiger partial charge in [-0.3, -0.25) is 4.79 Å². The first-order valence-electron chi connectivity index (χ1n) is 8.61. The molecule has 4 aromatic heterocycles. The van der Waals surface area contributed by atoms with E-state index in [9.17, 15) is 4.79 Å². The van der Waals surface area contributed by atoms with E-state index < -0.39 is 0 Å². The van der Waals surface area contributed by atoms with E-state index in [1.54, 1.807) is 46.6 Å². The predicted octanol–water partition coefficient (Wildman–Crippen LogP) is 3.74. The lowest BCUT2D eigenvalue weighted by Gasteiger charge is -2.15. The van der Waals surface area contributed by atoms with Gasteiger partial charge >= 0.3 is 0 Å². The summed E-state index contributed by atoms with van der Waals surface area (Å²) in [6.07, 6.45) is 5.10. The third-order valence-electron chi connectivity index (χ3n) is 4.35. The molecule has 0 aliphatic carbocycles. The molecule has 28 heavy (non-hydrogen) atoms. The Labute approximate surface area is 170 Å². The van der Waals surface area contributed by atoms with Crippen LogP contribution in [0.2, 0.25) is 0 Å². The van der Waals surface area contributed by atoms with Crippen molar-refractivity contribution in [1.82, 2.24) is 29.6 Å². The van der Waals surface area contributed by atoms with Crippen LogP contribution in [-0.2, 0) is 6.54 Å². The molecule has 1 amide bonds. The maximum absolute atomic E-state index is 12.9. The van der Waals surface area contributed by atoms with Crippen molar-refractivity contribution in [1.29, 1.82) is 0 Å². The number of rotatable bonds is 5. The van der Waals surface area contributed by atoms with Gasteiger partial charge in [0.25, 0.3) is 11.9 Å². The van der Waals surface area contributed by atoms with Gasteiger partial charge < -0.3 is 4.90 Å². The molecule has 0 radical (unpaired) electrons. The molecule has 0 aliphatic rings. The molecule has 0 atom stereocenters. The SMILES string of the molecule is Cc1cnc(-n2ncc(C(=O)N(C)Cc3nccs3)c2C)nc1-c1cccs1. The zero-order valence-corrected chi connectivity index (χ0v) is 17.3. The van der Waals surface area contributed by atoms with Crippen LogP contribution >= 0.6 is 22.7 Å². The summed E-state index contributed by atoms with van der Waals surface area (Å²) in [7, 11) is 1.76. The summed E-state index contributed by atoms with van der Waals surface area (Å²) in [5.41, 5.74) is 3.11. The minimum absolute atomic E-state index is 0.107. The van der Waals surface area contributed by atoms with Crippen molar-refractivity contribution in [2.24, 2.45) is 0 Å². The van der Waals surface area contributed by atoms with Crippen LogP contribution in [0.5, 0.6) is 0 Å². The van der Waals surface area contributed by atoms with Gasteiger partial charge in [0, 0.05) is 24.8 Å². The van der Waals surface area contributed by atoms with E-state index in [-0.39, 0.29) is 5.91 Å². The number of carbonyl (C=O) groups is 1. The fourth-order valence-corrected chi connectivity index (χ4v) is 4.28. The molecule has 0 unspecified atom stereocenters. The molecule has 0 N–H and O–H groups in total. The van der Waals surface area contributed by atoms with Gasteiger partial charge in [-0.25, -0.2) is 19.6 Å². The van der Waals surface area contributed by atoms with Gasteiger partial charge in [0.15, 0.2) is 0 Å². The van der Waals surface area contributed by atoms with E-state index >= 15 is 0 Å². The summed E-state index contributed by atoms with van der Waals surface area (Å²) in [6, 6.07) is 4.03. The van der Waals surface area contributed by atoms with Crippen molar-refractivity contribution in [3.05, 3.63) is 63.3 Å². The molecular formula is C19H18N6OS2. The Hall–Kier alpha value is -2.91. The number of nitrogens with zero attached hydrogens (tertiary/aromatic N) is 6. The number of carbonyl (C=O) groups excluding carboxylic acids is 1. The highest BCUT2D eigenvalue weighted by Crippen LogP contribution is 2.26. The van der Waals surface area contributed by atoms with E-state index in [1.807, 2.05) is 36.7 Å². The molecule has 0 aromatic carbocycles. The second kappa shape index (κ2) is 7.61. The summed E-state index contributed by atoms with van der Waals surface area (Å²) < 4.78 is 1.61. The largest absolute Gasteiger partial charge is 0.335 e. The maximum atomic E-state index is 12.9. The Bertz CT molecular complexity index is 1100. The molecule has 0 bridgehead atoms. The molecule has 142 valence electrons. The summed E-state index contributed by atoms with van der Waals surface area (Å²) in [5, 5.41) is 9.18. The molecule has 0 saturated carbocycles. The van der Waals surface area contributed by atoms with E-state index in [2.05, 4.69) is 15.1 Å². The average Bonchev–Trinajstić information content (AvgIpc) is 3.44. The molecular weight excluding hydrogens is 392 g/mol. The topological polar surface area (TPSA) is 76.8 Å². The van der Waals surface area contributed by atoms with Gasteiger partial charge in [-0.15, -0.1) is 22.7 Å². The van der Waals surface area contributed by atoms with Crippen LogP contribution in [0.3, 0.4) is 0 Å². The van der Waals surface area contributed by atoms with Crippen LogP contribution in [0.1, 0.15) is 26.6 Å². The third kappa shape index (κ3) is 3.46. The predicted molar refractivity (Wildman–Crippen MR) is 110 cm³/mol. The zero-order valence-electron chi connectivity index (χ0n) is 15.7. The number of amides is 1. The van der Waals surface area contributed by atoms with Crippen LogP contribution in [0.4, 0.5) is 0 Å². The molecule has 7 nitrogen and oxygen atoms in total. The quantitative estimate of drug-likeness (QED) is 0.501. The normalized spacial score (nSPS) is 11.0. The highest BCUT2D eigenvalue weighted by Gasteiger charge is 2.21. The van der Waals surface area contributed by atoms with Crippen LogP contribution in [0.15, 0.2) is 41.5 Å². The van der Waals surface area contributed by atoms with Gasteiger partial charge in [-0.1, -0.05) is 6.07 Å². The molecule has 0 fully saturated rings. The second-order valence-electron chi connectivity index (χ2n) is 6.32. The lowest BCUT2D eigenvalue weighted by molar-refractivity contribution is 0.0784. The molecule has 0 saturated heterocycles. The first-order chi connectivity index (χ1) is 13.5. The fraction of sp³-hybridized carbons (Fsp3) is 0.211. The molecule has 0 spiro atoms. The second-order valence-corrected chi connectivity index (χ2v) is 8.25. The van der Waals surface area contributed by atoms with Gasteiger partial charge in [0.05, 0.1) is 34.6 Å². The Morgan fingerprint density at radius 3 is 2.75 bits per heavy atom. The minimum Gasteiger partial charge on any atom is -0.335 e. The Morgan fingerprint density at radius 2 is 2.04 bits per heavy atom. The number of thiazole rings is 1. The summed E-state index contributed by atoms with van der Waals surface area (Å²) >= 11 is 3.16. The third-order valence-corrected chi connectivity index (χ3v) is 5.99. The van der Waals surface area contributed by atoms with Crippen molar-refractivity contribution in [2.75, 3.05) is 7.05 Å². The van der Waals surface area contributed by atoms with E-state index in [4.69, 9.17) is 4.98 Å². The van der Waals surface area contributed by atoms with Crippen LogP contribution in [0, 0.1) is 13.8 Å². The van der Waals surface area contributed by atoms with Crippen LogP contribution in [-0.4, -0.2) is 42.6 Å². The summed E-state index contributed by atoms with van der Waals surface area (Å²) in [5.74, 6) is 0.345. The van der Waals surface area contributed by atoms with E-state index in [1.165, 1.54) is 11.3 Å². The number of aryl methyl sites for hydroxylation is 1. The molecule has 4 heterocycles. The van der Waals surface area contributed by atoms with Crippen LogP contribution < -0.4 is 0 Å². The molecule has 4 aromatic rings. The van der Waals surface area contributed by atoms with E-state index in [0.29, 0.717) is 23.8 Å². The van der Waals surface area contributed by atoms with Crippen molar-refractivity contribution in [3.8, 4) is 16.5 Å². The van der Waals surface area contributed by atoms with Gasteiger partial charge in [-0.2, -0.15) is 5.10 Å². The van der Waals surface area contributed by atoms with Crippen molar-refractivity contribution in [3.63, 3.8) is 0 Å². The zero-order chi connectivity index (χ0) is 19.7. The lowest BCUT2D eigenvalue weighted by atomic mass is 10.2.